The third-order valence-electron chi connectivity index (χ3n) is 5.97. The van der Waals surface area contributed by atoms with Gasteiger partial charge in [-0.15, -0.1) is 0 Å². The van der Waals surface area contributed by atoms with Crippen LogP contribution in [0.2, 0.25) is 0 Å². The Bertz CT molecular complexity index is 1570. The van der Waals surface area contributed by atoms with Gasteiger partial charge in [-0.05, 0) is 55.8 Å². The Balaban J connectivity index is 1.79. The van der Waals surface area contributed by atoms with Gasteiger partial charge in [0.05, 0.1) is 21.9 Å². The minimum absolute atomic E-state index is 0.103. The van der Waals surface area contributed by atoms with Crippen LogP contribution in [0.1, 0.15) is 50.6 Å². The van der Waals surface area contributed by atoms with Crippen molar-refractivity contribution in [3.05, 3.63) is 115 Å². The van der Waals surface area contributed by atoms with Crippen molar-refractivity contribution >= 4 is 34.0 Å². The second-order valence-corrected chi connectivity index (χ2v) is 8.21. The average molecular weight is 454 g/mol. The molecule has 0 fully saturated rings. The first-order valence-corrected chi connectivity index (χ1v) is 10.5. The zero-order valence-electron chi connectivity index (χ0n) is 18.3. The first kappa shape index (κ1) is 21.3. The number of fused-ring (bicyclic) bond motifs is 2. The SMILES string of the molecule is CC(=O)c1ccc(N2C(=O)c3oc4ccc(C)cc4c(=O)c3C2c2cccc([N+](=O)[O-])c2)cc1. The van der Waals surface area contributed by atoms with E-state index in [9.17, 15) is 24.5 Å². The van der Waals surface area contributed by atoms with E-state index in [0.717, 1.165) is 5.56 Å². The van der Waals surface area contributed by atoms with Gasteiger partial charge in [0.15, 0.2) is 11.2 Å². The van der Waals surface area contributed by atoms with E-state index in [1.807, 2.05) is 6.92 Å². The quantitative estimate of drug-likeness (QED) is 0.245. The number of amides is 1. The lowest BCUT2D eigenvalue weighted by Crippen LogP contribution is -2.29. The summed E-state index contributed by atoms with van der Waals surface area (Å²) in [5.41, 5.74) is 2.03. The summed E-state index contributed by atoms with van der Waals surface area (Å²) in [7, 11) is 0. The zero-order valence-corrected chi connectivity index (χ0v) is 18.3. The average Bonchev–Trinajstić information content (AvgIpc) is 3.12. The largest absolute Gasteiger partial charge is 0.450 e. The third kappa shape index (κ3) is 3.27. The molecule has 1 aliphatic rings. The number of benzene rings is 3. The summed E-state index contributed by atoms with van der Waals surface area (Å²) in [5, 5.41) is 11.8. The van der Waals surface area contributed by atoms with Crippen LogP contribution in [0.25, 0.3) is 11.0 Å². The number of carbonyl (C=O) groups is 2. The van der Waals surface area contributed by atoms with Crippen LogP contribution in [0.4, 0.5) is 11.4 Å². The molecule has 5 rings (SSSR count). The van der Waals surface area contributed by atoms with E-state index in [2.05, 4.69) is 0 Å². The molecule has 0 radical (unpaired) electrons. The van der Waals surface area contributed by atoms with Crippen molar-refractivity contribution in [3.8, 4) is 0 Å². The van der Waals surface area contributed by atoms with E-state index >= 15 is 0 Å². The summed E-state index contributed by atoms with van der Waals surface area (Å²) in [4.78, 5) is 51.2. The standard InChI is InChI=1S/C26H18N2O6/c1-14-6-11-21-20(12-14)24(30)22-23(17-4-3-5-19(13-17)28(32)33)27(26(31)25(22)34-21)18-9-7-16(8-10-18)15(2)29/h3-13,23H,1-2H3. The Hall–Kier alpha value is -4.59. The molecular weight excluding hydrogens is 436 g/mol. The first-order chi connectivity index (χ1) is 16.3. The molecule has 0 bridgehead atoms. The van der Waals surface area contributed by atoms with Crippen molar-refractivity contribution in [3.63, 3.8) is 0 Å². The number of nitro groups is 1. The molecule has 1 atom stereocenters. The van der Waals surface area contributed by atoms with Gasteiger partial charge in [0, 0.05) is 23.4 Å². The van der Waals surface area contributed by atoms with Gasteiger partial charge >= 0.3 is 0 Å². The summed E-state index contributed by atoms with van der Waals surface area (Å²) < 4.78 is 5.92. The fourth-order valence-corrected chi connectivity index (χ4v) is 4.33. The summed E-state index contributed by atoms with van der Waals surface area (Å²) in [5.74, 6) is -0.772. The maximum Gasteiger partial charge on any atom is 0.295 e. The topological polar surface area (TPSA) is 111 Å². The predicted molar refractivity (Wildman–Crippen MR) is 125 cm³/mol. The molecular formula is C26H18N2O6. The number of non-ortho nitro benzene ring substituents is 1. The van der Waals surface area contributed by atoms with Crippen LogP contribution in [-0.2, 0) is 0 Å². The molecule has 0 saturated carbocycles. The Morgan fingerprint density at radius 2 is 1.76 bits per heavy atom. The number of carbonyl (C=O) groups excluding carboxylic acids is 2. The highest BCUT2D eigenvalue weighted by molar-refractivity contribution is 6.11. The number of aryl methyl sites for hydroxylation is 1. The first-order valence-electron chi connectivity index (χ1n) is 10.5. The number of rotatable bonds is 4. The number of hydrogen-bond acceptors (Lipinski definition) is 6. The van der Waals surface area contributed by atoms with E-state index in [0.29, 0.717) is 22.2 Å². The summed E-state index contributed by atoms with van der Waals surface area (Å²) in [6.45, 7) is 3.28. The molecule has 1 amide bonds. The number of nitrogens with zero attached hydrogens (tertiary/aromatic N) is 2. The Labute approximate surface area is 193 Å². The normalized spacial score (nSPS) is 14.9. The molecule has 168 valence electrons. The van der Waals surface area contributed by atoms with Crippen molar-refractivity contribution in [2.75, 3.05) is 4.90 Å². The molecule has 3 aromatic carbocycles. The maximum absolute atomic E-state index is 13.6. The Morgan fingerprint density at radius 3 is 2.44 bits per heavy atom. The molecule has 8 heteroatoms. The van der Waals surface area contributed by atoms with Crippen molar-refractivity contribution in [1.82, 2.24) is 0 Å². The summed E-state index contributed by atoms with van der Waals surface area (Å²) in [6, 6.07) is 16.4. The summed E-state index contributed by atoms with van der Waals surface area (Å²) >= 11 is 0. The molecule has 0 N–H and O–H groups in total. The van der Waals surface area contributed by atoms with Gasteiger partial charge in [-0.1, -0.05) is 23.8 Å². The van der Waals surface area contributed by atoms with Crippen molar-refractivity contribution < 1.29 is 18.9 Å². The lowest BCUT2D eigenvalue weighted by atomic mass is 9.97. The molecule has 2 heterocycles. The van der Waals surface area contributed by atoms with E-state index in [1.165, 1.54) is 30.0 Å². The number of nitro benzene ring substituents is 1. The van der Waals surface area contributed by atoms with E-state index in [4.69, 9.17) is 4.42 Å². The molecule has 4 aromatic rings. The minimum Gasteiger partial charge on any atom is -0.450 e. The Morgan fingerprint density at radius 1 is 1.03 bits per heavy atom. The lowest BCUT2D eigenvalue weighted by molar-refractivity contribution is -0.384. The van der Waals surface area contributed by atoms with Crippen LogP contribution in [0.3, 0.4) is 0 Å². The van der Waals surface area contributed by atoms with Crippen LogP contribution in [0.5, 0.6) is 0 Å². The highest BCUT2D eigenvalue weighted by Gasteiger charge is 2.44. The van der Waals surface area contributed by atoms with Gasteiger partial charge in [-0.25, -0.2) is 0 Å². The minimum atomic E-state index is -0.938. The van der Waals surface area contributed by atoms with E-state index < -0.39 is 16.9 Å². The number of ketones is 1. The molecule has 0 aliphatic carbocycles. The van der Waals surface area contributed by atoms with Gasteiger partial charge in [-0.2, -0.15) is 0 Å². The van der Waals surface area contributed by atoms with Crippen molar-refractivity contribution in [1.29, 1.82) is 0 Å². The monoisotopic (exact) mass is 454 g/mol. The van der Waals surface area contributed by atoms with Gasteiger partial charge in [0.1, 0.15) is 5.58 Å². The molecule has 1 aliphatic heterocycles. The molecule has 1 aromatic heterocycles. The highest BCUT2D eigenvalue weighted by atomic mass is 16.6. The zero-order chi connectivity index (χ0) is 24.1. The van der Waals surface area contributed by atoms with Crippen LogP contribution < -0.4 is 10.3 Å². The van der Waals surface area contributed by atoms with Gasteiger partial charge in [0.25, 0.3) is 11.6 Å². The molecule has 0 saturated heterocycles. The third-order valence-corrected chi connectivity index (χ3v) is 5.97. The van der Waals surface area contributed by atoms with E-state index in [-0.39, 0.29) is 33.8 Å². The van der Waals surface area contributed by atoms with Crippen LogP contribution in [0, 0.1) is 17.0 Å². The van der Waals surface area contributed by atoms with Crippen molar-refractivity contribution in [2.24, 2.45) is 0 Å². The fourth-order valence-electron chi connectivity index (χ4n) is 4.33. The molecule has 8 nitrogen and oxygen atoms in total. The second kappa shape index (κ2) is 7.77. The molecule has 34 heavy (non-hydrogen) atoms. The maximum atomic E-state index is 13.6. The predicted octanol–water partition coefficient (Wildman–Crippen LogP) is 4.96. The highest BCUT2D eigenvalue weighted by Crippen LogP contribution is 2.42. The Kier molecular flexibility index (Phi) is 4.86. The van der Waals surface area contributed by atoms with E-state index in [1.54, 1.807) is 48.5 Å². The second-order valence-electron chi connectivity index (χ2n) is 8.21. The lowest BCUT2D eigenvalue weighted by Gasteiger charge is -2.25. The number of Topliss-reactive ketones (excluding diaryl/α,β-unsaturated/α-hetero) is 1. The molecule has 0 spiro atoms. The smallest absolute Gasteiger partial charge is 0.295 e. The van der Waals surface area contributed by atoms with Gasteiger partial charge in [-0.3, -0.25) is 29.4 Å². The number of hydrogen-bond donors (Lipinski definition) is 0. The summed E-state index contributed by atoms with van der Waals surface area (Å²) in [6.07, 6.45) is 0. The van der Waals surface area contributed by atoms with Gasteiger partial charge < -0.3 is 4.42 Å². The van der Waals surface area contributed by atoms with Crippen LogP contribution in [-0.4, -0.2) is 16.6 Å². The number of anilines is 1. The molecule has 1 unspecified atom stereocenters. The van der Waals surface area contributed by atoms with Crippen LogP contribution in [0.15, 0.2) is 75.9 Å². The van der Waals surface area contributed by atoms with Crippen LogP contribution >= 0.6 is 0 Å². The van der Waals surface area contributed by atoms with Crippen molar-refractivity contribution in [2.45, 2.75) is 19.9 Å². The van der Waals surface area contributed by atoms with Gasteiger partial charge in [0.2, 0.25) is 5.76 Å². The fraction of sp³-hybridized carbons (Fsp3) is 0.115.